The summed E-state index contributed by atoms with van der Waals surface area (Å²) in [6.45, 7) is 1.98. The van der Waals surface area contributed by atoms with Crippen LogP contribution in [0.1, 0.15) is 12.0 Å². The molecule has 1 atom stereocenters. The first-order valence-corrected chi connectivity index (χ1v) is 8.17. The van der Waals surface area contributed by atoms with Crippen molar-refractivity contribution in [3.63, 3.8) is 0 Å². The molecule has 0 saturated carbocycles. The third-order valence-corrected chi connectivity index (χ3v) is 5.19. The van der Waals surface area contributed by atoms with Crippen molar-refractivity contribution >= 4 is 15.5 Å². The van der Waals surface area contributed by atoms with Crippen LogP contribution in [-0.4, -0.2) is 46.2 Å². The summed E-state index contributed by atoms with van der Waals surface area (Å²) in [5.41, 5.74) is 2.81. The zero-order valence-electron chi connectivity index (χ0n) is 11.0. The lowest BCUT2D eigenvalue weighted by Crippen LogP contribution is -2.21. The highest BCUT2D eigenvalue weighted by Crippen LogP contribution is 2.23. The van der Waals surface area contributed by atoms with E-state index in [1.165, 1.54) is 6.33 Å². The number of aryl methyl sites for hydroxylation is 1. The van der Waals surface area contributed by atoms with E-state index in [-0.39, 0.29) is 17.5 Å². The lowest BCUT2D eigenvalue weighted by Gasteiger charge is -2.15. The molecule has 0 aliphatic carbocycles. The quantitative estimate of drug-likeness (QED) is 0.890. The van der Waals surface area contributed by atoms with Crippen LogP contribution in [0.4, 0.5) is 5.69 Å². The maximum atomic E-state index is 11.5. The van der Waals surface area contributed by atoms with Gasteiger partial charge in [-0.05, 0) is 41.5 Å². The molecule has 0 radical (unpaired) electrons. The molecule has 7 nitrogen and oxygen atoms in total. The van der Waals surface area contributed by atoms with Gasteiger partial charge in [0.25, 0.3) is 0 Å². The summed E-state index contributed by atoms with van der Waals surface area (Å²) in [6, 6.07) is 5.78. The largest absolute Gasteiger partial charge is 0.381 e. The first kappa shape index (κ1) is 13.0. The highest BCUT2D eigenvalue weighted by molar-refractivity contribution is 7.91. The van der Waals surface area contributed by atoms with Gasteiger partial charge in [0.2, 0.25) is 0 Å². The molecule has 2 aromatic rings. The fraction of sp³-hybridized carbons (Fsp3) is 0.417. The fourth-order valence-corrected chi connectivity index (χ4v) is 3.99. The second-order valence-corrected chi connectivity index (χ2v) is 7.23. The van der Waals surface area contributed by atoms with Gasteiger partial charge in [-0.2, -0.15) is 0 Å². The number of nitrogens with one attached hydrogen (secondary N) is 1. The van der Waals surface area contributed by atoms with E-state index in [1.54, 1.807) is 4.68 Å². The third-order valence-electron chi connectivity index (χ3n) is 3.43. The van der Waals surface area contributed by atoms with Crippen molar-refractivity contribution in [3.05, 3.63) is 30.1 Å². The molecule has 1 aliphatic rings. The van der Waals surface area contributed by atoms with Crippen molar-refractivity contribution in [2.24, 2.45) is 0 Å². The molecule has 1 unspecified atom stereocenters. The van der Waals surface area contributed by atoms with Crippen LogP contribution < -0.4 is 5.32 Å². The molecule has 1 saturated heterocycles. The van der Waals surface area contributed by atoms with Crippen LogP contribution in [0.3, 0.4) is 0 Å². The normalized spacial score (nSPS) is 20.9. The number of hydrogen-bond donors (Lipinski definition) is 1. The Bertz CT molecular complexity index is 711. The molecule has 1 aliphatic heterocycles. The van der Waals surface area contributed by atoms with Crippen LogP contribution in [-0.2, 0) is 9.84 Å². The maximum absolute atomic E-state index is 11.5. The third kappa shape index (κ3) is 2.64. The lowest BCUT2D eigenvalue weighted by atomic mass is 10.1. The second-order valence-electron chi connectivity index (χ2n) is 5.00. The van der Waals surface area contributed by atoms with Gasteiger partial charge in [0.05, 0.1) is 17.2 Å². The Kier molecular flexibility index (Phi) is 3.17. The highest BCUT2D eigenvalue weighted by Gasteiger charge is 2.27. The van der Waals surface area contributed by atoms with Gasteiger partial charge < -0.3 is 5.32 Å². The zero-order chi connectivity index (χ0) is 14.2. The van der Waals surface area contributed by atoms with Crippen LogP contribution in [0.25, 0.3) is 5.69 Å². The Labute approximate surface area is 116 Å². The fourth-order valence-electron chi connectivity index (χ4n) is 2.32. The van der Waals surface area contributed by atoms with Crippen LogP contribution >= 0.6 is 0 Å². The molecule has 1 N–H and O–H groups in total. The van der Waals surface area contributed by atoms with Crippen molar-refractivity contribution in [2.45, 2.75) is 19.4 Å². The van der Waals surface area contributed by atoms with Gasteiger partial charge in [0.15, 0.2) is 9.84 Å². The summed E-state index contributed by atoms with van der Waals surface area (Å²) in [7, 11) is -2.88. The number of nitrogens with zero attached hydrogens (tertiary/aromatic N) is 4. The van der Waals surface area contributed by atoms with Crippen LogP contribution in [0, 0.1) is 6.92 Å². The van der Waals surface area contributed by atoms with Gasteiger partial charge in [0.1, 0.15) is 6.33 Å². The van der Waals surface area contributed by atoms with Gasteiger partial charge >= 0.3 is 0 Å². The number of rotatable bonds is 3. The van der Waals surface area contributed by atoms with E-state index >= 15 is 0 Å². The molecule has 106 valence electrons. The van der Waals surface area contributed by atoms with E-state index in [4.69, 9.17) is 0 Å². The lowest BCUT2D eigenvalue weighted by molar-refractivity contribution is 0.602. The number of hydrogen-bond acceptors (Lipinski definition) is 6. The van der Waals surface area contributed by atoms with E-state index < -0.39 is 9.84 Å². The summed E-state index contributed by atoms with van der Waals surface area (Å²) in [6.07, 6.45) is 2.17. The van der Waals surface area contributed by atoms with Crippen molar-refractivity contribution in [1.29, 1.82) is 0 Å². The first-order chi connectivity index (χ1) is 9.53. The predicted octanol–water partition coefficient (Wildman–Crippen LogP) is 0.570. The Hall–Kier alpha value is -1.96. The number of anilines is 1. The smallest absolute Gasteiger partial charge is 0.152 e. The molecule has 1 fully saturated rings. The molecular formula is C12H15N5O2S. The van der Waals surface area contributed by atoms with E-state index in [0.29, 0.717) is 6.42 Å². The molecule has 0 spiro atoms. The van der Waals surface area contributed by atoms with Crippen LogP contribution in [0.15, 0.2) is 24.5 Å². The van der Waals surface area contributed by atoms with Crippen LogP contribution in [0.5, 0.6) is 0 Å². The molecule has 1 aromatic heterocycles. The summed E-state index contributed by atoms with van der Waals surface area (Å²) in [5.74, 6) is 0.456. The zero-order valence-corrected chi connectivity index (χ0v) is 11.8. The summed E-state index contributed by atoms with van der Waals surface area (Å²) >= 11 is 0. The molecule has 2 heterocycles. The Morgan fingerprint density at radius 2 is 2.25 bits per heavy atom. The van der Waals surface area contributed by atoms with E-state index in [9.17, 15) is 8.42 Å². The van der Waals surface area contributed by atoms with Gasteiger partial charge in [-0.25, -0.2) is 13.1 Å². The molecule has 0 bridgehead atoms. The van der Waals surface area contributed by atoms with Crippen molar-refractivity contribution < 1.29 is 8.42 Å². The molecule has 0 amide bonds. The van der Waals surface area contributed by atoms with E-state index in [0.717, 1.165) is 16.9 Å². The van der Waals surface area contributed by atoms with E-state index in [2.05, 4.69) is 20.8 Å². The average molecular weight is 293 g/mol. The average Bonchev–Trinajstić information content (AvgIpc) is 3.02. The SMILES string of the molecule is Cc1ccc(-n2cnnn2)cc1NC1CCS(=O)(=O)C1. The van der Waals surface area contributed by atoms with Gasteiger partial charge in [-0.15, -0.1) is 5.10 Å². The molecule has 1 aromatic carbocycles. The van der Waals surface area contributed by atoms with Gasteiger partial charge in [0, 0.05) is 11.7 Å². The molecule has 8 heteroatoms. The molecular weight excluding hydrogens is 278 g/mol. The van der Waals surface area contributed by atoms with Crippen molar-refractivity contribution in [1.82, 2.24) is 20.2 Å². The topological polar surface area (TPSA) is 89.8 Å². The van der Waals surface area contributed by atoms with Crippen molar-refractivity contribution in [2.75, 3.05) is 16.8 Å². The Balaban J connectivity index is 1.84. The highest BCUT2D eigenvalue weighted by atomic mass is 32.2. The Morgan fingerprint density at radius 3 is 2.90 bits per heavy atom. The minimum atomic E-state index is -2.88. The minimum Gasteiger partial charge on any atom is -0.381 e. The number of sulfone groups is 1. The number of tetrazole rings is 1. The summed E-state index contributed by atoms with van der Waals surface area (Å²) in [4.78, 5) is 0. The van der Waals surface area contributed by atoms with Gasteiger partial charge in [-0.3, -0.25) is 0 Å². The molecule has 3 rings (SSSR count). The summed E-state index contributed by atoms with van der Waals surface area (Å²) < 4.78 is 24.6. The maximum Gasteiger partial charge on any atom is 0.152 e. The van der Waals surface area contributed by atoms with Crippen LogP contribution in [0.2, 0.25) is 0 Å². The summed E-state index contributed by atoms with van der Waals surface area (Å²) in [5, 5.41) is 14.4. The second kappa shape index (κ2) is 4.86. The predicted molar refractivity (Wildman–Crippen MR) is 74.6 cm³/mol. The standard InChI is InChI=1S/C12H15N5O2S/c1-9-2-3-11(17-8-13-15-16-17)6-12(9)14-10-4-5-20(18,19)7-10/h2-3,6,8,10,14H,4-5,7H2,1H3. The number of aromatic nitrogens is 4. The Morgan fingerprint density at radius 1 is 1.40 bits per heavy atom. The minimum absolute atomic E-state index is 0.0252. The molecule has 20 heavy (non-hydrogen) atoms. The monoisotopic (exact) mass is 293 g/mol. The number of benzene rings is 1. The van der Waals surface area contributed by atoms with Crippen molar-refractivity contribution in [3.8, 4) is 5.69 Å². The van der Waals surface area contributed by atoms with E-state index in [1.807, 2.05) is 25.1 Å². The van der Waals surface area contributed by atoms with Gasteiger partial charge in [-0.1, -0.05) is 6.07 Å². The first-order valence-electron chi connectivity index (χ1n) is 6.34.